The van der Waals surface area contributed by atoms with Crippen molar-refractivity contribution in [3.8, 4) is 11.8 Å². The van der Waals surface area contributed by atoms with Crippen LogP contribution in [0, 0.1) is 17.1 Å². The normalized spacial score (nSPS) is 18.9. The fourth-order valence-electron chi connectivity index (χ4n) is 5.50. The zero-order valence-corrected chi connectivity index (χ0v) is 21.9. The number of carboxylic acid groups (broad SMARTS) is 1. The Bertz CT molecular complexity index is 1610. The largest absolute Gasteiger partial charge is 0.486 e. The maximum absolute atomic E-state index is 14.2. The SMILES string of the molecule is N#Cc1ccc(OCc2cccc([C@@H]3CCN(Cc4nc5ccc(C(=O)O)cc5n4C[C@@H]4CCO4)C3)c2)c(F)c1. The summed E-state index contributed by atoms with van der Waals surface area (Å²) in [6.07, 6.45) is 2.11. The Kier molecular flexibility index (Phi) is 7.20. The molecule has 9 heteroatoms. The quantitative estimate of drug-likeness (QED) is 0.315. The molecule has 2 aliphatic heterocycles. The van der Waals surface area contributed by atoms with Crippen molar-refractivity contribution in [3.05, 3.63) is 94.6 Å². The van der Waals surface area contributed by atoms with Crippen LogP contribution in [0.4, 0.5) is 4.39 Å². The topological polar surface area (TPSA) is 101 Å². The molecule has 2 fully saturated rings. The number of rotatable bonds is 9. The minimum Gasteiger partial charge on any atom is -0.486 e. The van der Waals surface area contributed by atoms with Crippen LogP contribution in [0.1, 0.15) is 51.6 Å². The van der Waals surface area contributed by atoms with E-state index in [-0.39, 0.29) is 29.6 Å². The molecule has 2 saturated heterocycles. The van der Waals surface area contributed by atoms with Gasteiger partial charge in [0.05, 0.1) is 47.4 Å². The maximum atomic E-state index is 14.2. The molecule has 4 aromatic rings. The van der Waals surface area contributed by atoms with E-state index in [1.807, 2.05) is 18.2 Å². The van der Waals surface area contributed by atoms with Gasteiger partial charge in [0, 0.05) is 13.2 Å². The molecule has 0 amide bonds. The van der Waals surface area contributed by atoms with Crippen LogP contribution in [0.5, 0.6) is 5.75 Å². The number of ether oxygens (including phenoxy) is 2. The molecule has 3 heterocycles. The Hall–Kier alpha value is -4.26. The number of halogens is 1. The second-order valence-corrected chi connectivity index (χ2v) is 10.4. The molecule has 0 unspecified atom stereocenters. The van der Waals surface area contributed by atoms with Crippen molar-refractivity contribution in [1.82, 2.24) is 14.5 Å². The van der Waals surface area contributed by atoms with Gasteiger partial charge in [0.25, 0.3) is 0 Å². The lowest BCUT2D eigenvalue weighted by molar-refractivity contribution is -0.0591. The summed E-state index contributed by atoms with van der Waals surface area (Å²) in [5, 5.41) is 18.4. The van der Waals surface area contributed by atoms with Crippen molar-refractivity contribution in [1.29, 1.82) is 5.26 Å². The predicted octanol–water partition coefficient (Wildman–Crippen LogP) is 5.10. The lowest BCUT2D eigenvalue weighted by Gasteiger charge is -2.28. The van der Waals surface area contributed by atoms with Crippen LogP contribution in [0.15, 0.2) is 60.7 Å². The molecule has 0 aliphatic carbocycles. The summed E-state index contributed by atoms with van der Waals surface area (Å²) in [5.74, 6) is -0.107. The molecular weight excluding hydrogens is 511 g/mol. The standard InChI is InChI=1S/C31H29FN4O4/c32-26-13-20(15-33)4-7-29(26)40-19-21-2-1-3-22(12-21)24-8-10-35(16-24)18-30-34-27-6-5-23(31(37)38)14-28(27)36(30)17-25-9-11-39-25/h1-7,12-14,24-25H,8-11,16-19H2,(H,37,38)/t24-,25+/m1/s1. The number of nitrogens with zero attached hydrogens (tertiary/aromatic N) is 4. The van der Waals surface area contributed by atoms with Crippen molar-refractivity contribution < 1.29 is 23.8 Å². The maximum Gasteiger partial charge on any atom is 0.335 e. The highest BCUT2D eigenvalue weighted by Gasteiger charge is 2.27. The van der Waals surface area contributed by atoms with Crippen molar-refractivity contribution >= 4 is 17.0 Å². The third-order valence-corrected chi connectivity index (χ3v) is 7.77. The third-order valence-electron chi connectivity index (χ3n) is 7.77. The van der Waals surface area contributed by atoms with Gasteiger partial charge in [0.2, 0.25) is 0 Å². The van der Waals surface area contributed by atoms with E-state index in [9.17, 15) is 14.3 Å². The van der Waals surface area contributed by atoms with E-state index in [4.69, 9.17) is 19.7 Å². The fourth-order valence-corrected chi connectivity index (χ4v) is 5.50. The zero-order chi connectivity index (χ0) is 27.6. The molecule has 0 spiro atoms. The van der Waals surface area contributed by atoms with Crippen molar-refractivity contribution in [2.45, 2.75) is 44.6 Å². The summed E-state index contributed by atoms with van der Waals surface area (Å²) in [6.45, 7) is 4.12. The van der Waals surface area contributed by atoms with E-state index >= 15 is 0 Å². The molecule has 6 rings (SSSR count). The molecule has 1 aromatic heterocycles. The van der Waals surface area contributed by atoms with Crippen molar-refractivity contribution in [3.63, 3.8) is 0 Å². The number of likely N-dealkylation sites (tertiary alicyclic amines) is 1. The molecule has 2 aliphatic rings. The van der Waals surface area contributed by atoms with Crippen molar-refractivity contribution in [2.24, 2.45) is 0 Å². The van der Waals surface area contributed by atoms with Gasteiger partial charge in [-0.15, -0.1) is 0 Å². The number of nitriles is 1. The Balaban J connectivity index is 1.14. The molecule has 40 heavy (non-hydrogen) atoms. The molecular formula is C31H29FN4O4. The lowest BCUT2D eigenvalue weighted by atomic mass is 9.97. The summed E-state index contributed by atoms with van der Waals surface area (Å²) in [6, 6.07) is 19.4. The number of hydrogen-bond donors (Lipinski definition) is 1. The Labute approximate surface area is 231 Å². The first kappa shape index (κ1) is 26.0. The van der Waals surface area contributed by atoms with E-state index in [2.05, 4.69) is 21.6 Å². The highest BCUT2D eigenvalue weighted by molar-refractivity contribution is 5.92. The van der Waals surface area contributed by atoms with Gasteiger partial charge in [-0.2, -0.15) is 5.26 Å². The van der Waals surface area contributed by atoms with E-state index in [0.29, 0.717) is 19.0 Å². The van der Waals surface area contributed by atoms with Crippen LogP contribution in [0.3, 0.4) is 0 Å². The van der Waals surface area contributed by atoms with Crippen LogP contribution in [0.2, 0.25) is 0 Å². The molecule has 1 N–H and O–H groups in total. The lowest BCUT2D eigenvalue weighted by Crippen LogP contribution is -2.32. The van der Waals surface area contributed by atoms with Gasteiger partial charge in [-0.3, -0.25) is 4.90 Å². The van der Waals surface area contributed by atoms with Crippen molar-refractivity contribution in [2.75, 3.05) is 19.7 Å². The number of hydrogen-bond acceptors (Lipinski definition) is 6. The van der Waals surface area contributed by atoms with Gasteiger partial charge < -0.3 is 19.1 Å². The minimum atomic E-state index is -0.951. The van der Waals surface area contributed by atoms with Gasteiger partial charge in [0.1, 0.15) is 12.4 Å². The molecule has 2 atom stereocenters. The fraction of sp³-hybridized carbons (Fsp3) is 0.323. The van der Waals surface area contributed by atoms with Gasteiger partial charge >= 0.3 is 5.97 Å². The molecule has 0 radical (unpaired) electrons. The second kappa shape index (κ2) is 11.1. The first-order chi connectivity index (χ1) is 19.5. The number of imidazole rings is 1. The average molecular weight is 541 g/mol. The van der Waals surface area contributed by atoms with E-state index in [1.165, 1.54) is 17.7 Å². The van der Waals surface area contributed by atoms with Crippen LogP contribution in [-0.4, -0.2) is 51.3 Å². The monoisotopic (exact) mass is 540 g/mol. The highest BCUT2D eigenvalue weighted by Crippen LogP contribution is 2.30. The van der Waals surface area contributed by atoms with Crippen LogP contribution in [-0.2, 0) is 24.4 Å². The molecule has 204 valence electrons. The number of benzene rings is 3. The minimum absolute atomic E-state index is 0.124. The summed E-state index contributed by atoms with van der Waals surface area (Å²) in [7, 11) is 0. The van der Waals surface area contributed by atoms with E-state index in [1.54, 1.807) is 24.3 Å². The van der Waals surface area contributed by atoms with Gasteiger partial charge in [0.15, 0.2) is 11.6 Å². The van der Waals surface area contributed by atoms with Crippen LogP contribution >= 0.6 is 0 Å². The molecule has 0 bridgehead atoms. The smallest absolute Gasteiger partial charge is 0.335 e. The molecule has 3 aromatic carbocycles. The van der Waals surface area contributed by atoms with Gasteiger partial charge in [-0.05, 0) is 72.8 Å². The summed E-state index contributed by atoms with van der Waals surface area (Å²) < 4.78 is 27.7. The van der Waals surface area contributed by atoms with Crippen LogP contribution < -0.4 is 4.74 Å². The number of aromatic carboxylic acids is 1. The first-order valence-corrected chi connectivity index (χ1v) is 13.4. The predicted molar refractivity (Wildman–Crippen MR) is 146 cm³/mol. The zero-order valence-electron chi connectivity index (χ0n) is 21.9. The Morgan fingerprint density at radius 1 is 1.18 bits per heavy atom. The van der Waals surface area contributed by atoms with Gasteiger partial charge in [-0.1, -0.05) is 24.3 Å². The van der Waals surface area contributed by atoms with E-state index < -0.39 is 11.8 Å². The Morgan fingerprint density at radius 2 is 2.05 bits per heavy atom. The number of carbonyl (C=O) groups is 1. The summed E-state index contributed by atoms with van der Waals surface area (Å²) >= 11 is 0. The highest BCUT2D eigenvalue weighted by atomic mass is 19.1. The number of aromatic nitrogens is 2. The summed E-state index contributed by atoms with van der Waals surface area (Å²) in [5.41, 5.74) is 4.30. The Morgan fingerprint density at radius 3 is 2.80 bits per heavy atom. The number of carboxylic acids is 1. The average Bonchev–Trinajstić information content (AvgIpc) is 3.54. The van der Waals surface area contributed by atoms with Crippen LogP contribution in [0.25, 0.3) is 11.0 Å². The summed E-state index contributed by atoms with van der Waals surface area (Å²) in [4.78, 5) is 18.8. The second-order valence-electron chi connectivity index (χ2n) is 10.4. The number of fused-ring (bicyclic) bond motifs is 1. The molecule has 0 saturated carbocycles. The van der Waals surface area contributed by atoms with E-state index in [0.717, 1.165) is 55.0 Å². The third kappa shape index (κ3) is 5.41. The van der Waals surface area contributed by atoms with Gasteiger partial charge in [-0.25, -0.2) is 14.2 Å². The first-order valence-electron chi connectivity index (χ1n) is 13.4. The molecule has 8 nitrogen and oxygen atoms in total.